The average molecular weight is 457 g/mol. The maximum absolute atomic E-state index is 13.6. The van der Waals surface area contributed by atoms with Crippen LogP contribution in [-0.4, -0.2) is 13.2 Å². The van der Waals surface area contributed by atoms with Crippen LogP contribution in [0.5, 0.6) is 17.2 Å². The highest BCUT2D eigenvalue weighted by Gasteiger charge is 2.19. The van der Waals surface area contributed by atoms with Crippen molar-refractivity contribution >= 4 is 11.0 Å². The van der Waals surface area contributed by atoms with Crippen LogP contribution in [0.1, 0.15) is 35.8 Å². The summed E-state index contributed by atoms with van der Waals surface area (Å²) in [5.74, 6) is 2.65. The van der Waals surface area contributed by atoms with Gasteiger partial charge in [0.2, 0.25) is 5.43 Å². The van der Waals surface area contributed by atoms with E-state index in [9.17, 15) is 4.79 Å². The lowest BCUT2D eigenvalue weighted by atomic mass is 10.0. The van der Waals surface area contributed by atoms with Gasteiger partial charge in [0.25, 0.3) is 0 Å². The Hall–Kier alpha value is -3.73. The SMILES string of the molecule is CCc1cc2c(=O)c(-c3ccc4c(c3)OCCCO4)c(C)oc2cc1OCc1ccc(C)cc1. The minimum Gasteiger partial charge on any atom is -0.490 e. The number of fused-ring (bicyclic) bond motifs is 2. The van der Waals surface area contributed by atoms with Crippen molar-refractivity contribution in [3.05, 3.63) is 87.3 Å². The third-order valence-electron chi connectivity index (χ3n) is 6.18. The lowest BCUT2D eigenvalue weighted by molar-refractivity contribution is 0.297. The van der Waals surface area contributed by atoms with Gasteiger partial charge >= 0.3 is 0 Å². The molecule has 174 valence electrons. The van der Waals surface area contributed by atoms with E-state index in [-0.39, 0.29) is 5.43 Å². The normalized spacial score (nSPS) is 13.0. The van der Waals surface area contributed by atoms with Crippen molar-refractivity contribution < 1.29 is 18.6 Å². The molecule has 0 saturated heterocycles. The lowest BCUT2D eigenvalue weighted by Crippen LogP contribution is -2.09. The fourth-order valence-corrected chi connectivity index (χ4v) is 4.29. The van der Waals surface area contributed by atoms with Crippen molar-refractivity contribution in [2.24, 2.45) is 0 Å². The van der Waals surface area contributed by atoms with E-state index in [1.165, 1.54) is 5.56 Å². The fraction of sp³-hybridized carbons (Fsp3) is 0.276. The molecule has 0 aliphatic carbocycles. The molecule has 0 atom stereocenters. The maximum Gasteiger partial charge on any atom is 0.200 e. The molecule has 5 heteroatoms. The van der Waals surface area contributed by atoms with Crippen LogP contribution in [0.15, 0.2) is 63.8 Å². The Morgan fingerprint density at radius 2 is 1.68 bits per heavy atom. The van der Waals surface area contributed by atoms with Crippen LogP contribution >= 0.6 is 0 Å². The molecule has 0 fully saturated rings. The molecule has 0 saturated carbocycles. The van der Waals surface area contributed by atoms with Crippen LogP contribution < -0.4 is 19.6 Å². The molecule has 2 heterocycles. The largest absolute Gasteiger partial charge is 0.490 e. The highest BCUT2D eigenvalue weighted by atomic mass is 16.5. The summed E-state index contributed by atoms with van der Waals surface area (Å²) < 4.78 is 23.9. The van der Waals surface area contributed by atoms with E-state index >= 15 is 0 Å². The molecule has 0 amide bonds. The highest BCUT2D eigenvalue weighted by molar-refractivity contribution is 5.85. The van der Waals surface area contributed by atoms with E-state index in [1.54, 1.807) is 0 Å². The van der Waals surface area contributed by atoms with E-state index < -0.39 is 0 Å². The van der Waals surface area contributed by atoms with Crippen LogP contribution in [-0.2, 0) is 13.0 Å². The van der Waals surface area contributed by atoms with Gasteiger partial charge in [0.05, 0.1) is 24.2 Å². The van der Waals surface area contributed by atoms with Crippen molar-refractivity contribution in [1.82, 2.24) is 0 Å². The van der Waals surface area contributed by atoms with E-state index in [2.05, 4.69) is 38.1 Å². The van der Waals surface area contributed by atoms with E-state index in [1.807, 2.05) is 37.3 Å². The molecule has 0 N–H and O–H groups in total. The van der Waals surface area contributed by atoms with E-state index in [4.69, 9.17) is 18.6 Å². The van der Waals surface area contributed by atoms with Crippen LogP contribution in [0.4, 0.5) is 0 Å². The zero-order valence-corrected chi connectivity index (χ0v) is 19.8. The summed E-state index contributed by atoms with van der Waals surface area (Å²) in [5.41, 5.74) is 5.04. The van der Waals surface area contributed by atoms with Crippen LogP contribution in [0.3, 0.4) is 0 Å². The topological polar surface area (TPSA) is 57.9 Å². The lowest BCUT2D eigenvalue weighted by Gasteiger charge is -2.14. The predicted molar refractivity (Wildman–Crippen MR) is 133 cm³/mol. The van der Waals surface area contributed by atoms with Gasteiger partial charge in [-0.05, 0) is 55.2 Å². The summed E-state index contributed by atoms with van der Waals surface area (Å²) in [5, 5.41) is 0.548. The molecule has 5 rings (SSSR count). The number of hydrogen-bond donors (Lipinski definition) is 0. The number of hydrogen-bond acceptors (Lipinski definition) is 5. The van der Waals surface area contributed by atoms with Crippen LogP contribution in [0, 0.1) is 13.8 Å². The highest BCUT2D eigenvalue weighted by Crippen LogP contribution is 2.36. The van der Waals surface area contributed by atoms with Gasteiger partial charge in [0.15, 0.2) is 11.5 Å². The molecule has 1 aliphatic heterocycles. The second kappa shape index (κ2) is 9.26. The first-order chi connectivity index (χ1) is 16.5. The Balaban J connectivity index is 1.54. The molecule has 0 radical (unpaired) electrons. The molecular formula is C29H28O5. The predicted octanol–water partition coefficient (Wildman–Crippen LogP) is 6.38. The first-order valence-electron chi connectivity index (χ1n) is 11.7. The van der Waals surface area contributed by atoms with E-state index in [0.29, 0.717) is 53.6 Å². The first-order valence-corrected chi connectivity index (χ1v) is 11.7. The quantitative estimate of drug-likeness (QED) is 0.349. The van der Waals surface area contributed by atoms with Gasteiger partial charge in [-0.3, -0.25) is 4.79 Å². The Bertz CT molecular complexity index is 1400. The molecule has 4 aromatic rings. The molecular weight excluding hydrogens is 428 g/mol. The Kier molecular flexibility index (Phi) is 6.01. The third kappa shape index (κ3) is 4.26. The summed E-state index contributed by atoms with van der Waals surface area (Å²) >= 11 is 0. The Morgan fingerprint density at radius 3 is 2.44 bits per heavy atom. The molecule has 0 spiro atoms. The van der Waals surface area contributed by atoms with Gasteiger partial charge in [-0.2, -0.15) is 0 Å². The number of rotatable bonds is 5. The standard InChI is InChI=1S/C29H28O5/c1-4-21-14-23-26(16-25(21)33-17-20-8-6-18(2)7-9-20)34-19(3)28(29(23)30)22-10-11-24-27(15-22)32-13-5-12-31-24/h6-11,14-16H,4-5,12-13,17H2,1-3H3. The molecule has 34 heavy (non-hydrogen) atoms. The summed E-state index contributed by atoms with van der Waals surface area (Å²) in [6.45, 7) is 7.61. The minimum absolute atomic E-state index is 0.0620. The third-order valence-corrected chi connectivity index (χ3v) is 6.18. The van der Waals surface area contributed by atoms with Gasteiger partial charge in [0.1, 0.15) is 23.7 Å². The van der Waals surface area contributed by atoms with E-state index in [0.717, 1.165) is 35.3 Å². The molecule has 3 aromatic carbocycles. The van der Waals surface area contributed by atoms with Crippen molar-refractivity contribution in [1.29, 1.82) is 0 Å². The van der Waals surface area contributed by atoms with Gasteiger partial charge in [-0.25, -0.2) is 0 Å². The minimum atomic E-state index is -0.0620. The second-order valence-electron chi connectivity index (χ2n) is 8.66. The van der Waals surface area contributed by atoms with Gasteiger partial charge in [-0.1, -0.05) is 42.8 Å². The van der Waals surface area contributed by atoms with Gasteiger partial charge in [-0.15, -0.1) is 0 Å². The van der Waals surface area contributed by atoms with Crippen LogP contribution in [0.2, 0.25) is 0 Å². The van der Waals surface area contributed by atoms with Gasteiger partial charge < -0.3 is 18.6 Å². The Morgan fingerprint density at radius 1 is 0.912 bits per heavy atom. The maximum atomic E-state index is 13.6. The molecule has 0 bridgehead atoms. The average Bonchev–Trinajstić information content (AvgIpc) is 3.08. The monoisotopic (exact) mass is 456 g/mol. The van der Waals surface area contributed by atoms with Crippen molar-refractivity contribution in [2.75, 3.05) is 13.2 Å². The second-order valence-corrected chi connectivity index (χ2v) is 8.66. The number of aryl methyl sites for hydroxylation is 3. The zero-order chi connectivity index (χ0) is 23.7. The molecule has 1 aliphatic rings. The smallest absolute Gasteiger partial charge is 0.200 e. The fourth-order valence-electron chi connectivity index (χ4n) is 4.29. The van der Waals surface area contributed by atoms with Crippen molar-refractivity contribution in [2.45, 2.75) is 40.2 Å². The Labute approximate surface area is 198 Å². The van der Waals surface area contributed by atoms with Crippen molar-refractivity contribution in [3.8, 4) is 28.4 Å². The summed E-state index contributed by atoms with van der Waals surface area (Å²) in [4.78, 5) is 13.6. The van der Waals surface area contributed by atoms with Gasteiger partial charge in [0, 0.05) is 12.5 Å². The van der Waals surface area contributed by atoms with Crippen molar-refractivity contribution in [3.63, 3.8) is 0 Å². The number of ether oxygens (including phenoxy) is 3. The van der Waals surface area contributed by atoms with Crippen LogP contribution in [0.25, 0.3) is 22.1 Å². The molecule has 5 nitrogen and oxygen atoms in total. The molecule has 0 unspecified atom stereocenters. The zero-order valence-electron chi connectivity index (χ0n) is 19.8. The molecule has 1 aromatic heterocycles. The summed E-state index contributed by atoms with van der Waals surface area (Å²) in [6.07, 6.45) is 1.57. The summed E-state index contributed by atoms with van der Waals surface area (Å²) in [6, 6.07) is 17.6. The first kappa shape index (κ1) is 22.1. The summed E-state index contributed by atoms with van der Waals surface area (Å²) in [7, 11) is 0. The number of benzene rings is 3.